The SMILES string of the molecule is O=C([O-])c1ccc([N+](=O)[O-])c2c1N[C@H](c1ccc([N+](=O)[O-])cc1)[C@@H]1CC=C[C@H]21. The summed E-state index contributed by atoms with van der Waals surface area (Å²) in [6.07, 6.45) is 4.42. The zero-order valence-corrected chi connectivity index (χ0v) is 14.4. The molecule has 0 amide bonds. The van der Waals surface area contributed by atoms with Crippen LogP contribution >= 0.6 is 0 Å². The van der Waals surface area contributed by atoms with Gasteiger partial charge in [0.2, 0.25) is 0 Å². The van der Waals surface area contributed by atoms with Crippen LogP contribution in [0.15, 0.2) is 48.6 Å². The Morgan fingerprint density at radius 2 is 1.75 bits per heavy atom. The van der Waals surface area contributed by atoms with Crippen LogP contribution in [0.4, 0.5) is 17.1 Å². The molecule has 0 fully saturated rings. The van der Waals surface area contributed by atoms with Crippen molar-refractivity contribution in [1.82, 2.24) is 0 Å². The van der Waals surface area contributed by atoms with Gasteiger partial charge < -0.3 is 15.2 Å². The maximum absolute atomic E-state index is 11.6. The summed E-state index contributed by atoms with van der Waals surface area (Å²) in [7, 11) is 0. The number of nitro benzene ring substituents is 2. The van der Waals surface area contributed by atoms with E-state index in [1.807, 2.05) is 12.2 Å². The van der Waals surface area contributed by atoms with E-state index in [1.54, 1.807) is 12.1 Å². The Labute approximate surface area is 158 Å². The number of carboxylic acid groups (broad SMARTS) is 1. The van der Waals surface area contributed by atoms with Gasteiger partial charge in [0, 0.05) is 29.7 Å². The summed E-state index contributed by atoms with van der Waals surface area (Å²) >= 11 is 0. The van der Waals surface area contributed by atoms with Crippen molar-refractivity contribution in [3.8, 4) is 0 Å². The third kappa shape index (κ3) is 2.68. The maximum atomic E-state index is 11.6. The number of nitro groups is 2. The largest absolute Gasteiger partial charge is 0.545 e. The number of carboxylic acids is 1. The summed E-state index contributed by atoms with van der Waals surface area (Å²) in [6.45, 7) is 0. The molecule has 1 aliphatic carbocycles. The van der Waals surface area contributed by atoms with E-state index < -0.39 is 15.8 Å². The summed E-state index contributed by atoms with van der Waals surface area (Å²) in [5, 5.41) is 37.2. The van der Waals surface area contributed by atoms with Crippen molar-refractivity contribution in [2.24, 2.45) is 5.92 Å². The normalized spacial score (nSPS) is 22.1. The molecule has 0 spiro atoms. The van der Waals surface area contributed by atoms with Crippen LogP contribution in [0.25, 0.3) is 0 Å². The Morgan fingerprint density at radius 3 is 2.36 bits per heavy atom. The monoisotopic (exact) mass is 380 g/mol. The number of benzene rings is 2. The fourth-order valence-corrected chi connectivity index (χ4v) is 4.15. The molecule has 0 radical (unpaired) electrons. The molecule has 0 aromatic heterocycles. The molecule has 1 aliphatic heterocycles. The highest BCUT2D eigenvalue weighted by Gasteiger charge is 2.42. The number of carbonyl (C=O) groups excluding carboxylic acids is 1. The van der Waals surface area contributed by atoms with Crippen LogP contribution in [0.2, 0.25) is 0 Å². The molecule has 4 rings (SSSR count). The summed E-state index contributed by atoms with van der Waals surface area (Å²) < 4.78 is 0. The number of nitrogens with one attached hydrogen (secondary N) is 1. The van der Waals surface area contributed by atoms with E-state index in [2.05, 4.69) is 5.32 Å². The molecule has 1 heterocycles. The fraction of sp³-hybridized carbons (Fsp3) is 0.211. The highest BCUT2D eigenvalue weighted by Crippen LogP contribution is 2.53. The van der Waals surface area contributed by atoms with Crippen LogP contribution in [0.1, 0.15) is 39.9 Å². The third-order valence-electron chi connectivity index (χ3n) is 5.38. The average Bonchev–Trinajstić information content (AvgIpc) is 3.16. The summed E-state index contributed by atoms with van der Waals surface area (Å²) in [5.74, 6) is -1.85. The van der Waals surface area contributed by atoms with Crippen molar-refractivity contribution < 1.29 is 19.7 Å². The first-order valence-electron chi connectivity index (χ1n) is 8.58. The van der Waals surface area contributed by atoms with Gasteiger partial charge in [-0.05, 0) is 24.0 Å². The van der Waals surface area contributed by atoms with Crippen LogP contribution in [0.3, 0.4) is 0 Å². The second-order valence-corrected chi connectivity index (χ2v) is 6.79. The van der Waals surface area contributed by atoms with E-state index in [-0.39, 0.29) is 40.5 Å². The van der Waals surface area contributed by atoms with E-state index in [0.717, 1.165) is 5.56 Å². The number of nitrogens with zero attached hydrogens (tertiary/aromatic N) is 2. The molecule has 28 heavy (non-hydrogen) atoms. The number of aromatic carboxylic acids is 1. The molecule has 2 aliphatic rings. The lowest BCUT2D eigenvalue weighted by molar-refractivity contribution is -0.385. The van der Waals surface area contributed by atoms with Crippen molar-refractivity contribution in [1.29, 1.82) is 0 Å². The van der Waals surface area contributed by atoms with E-state index in [1.165, 1.54) is 24.3 Å². The molecule has 142 valence electrons. The zero-order valence-electron chi connectivity index (χ0n) is 14.4. The Kier molecular flexibility index (Phi) is 4.07. The predicted octanol–water partition coefficient (Wildman–Crippen LogP) is 2.69. The molecule has 0 saturated heterocycles. The molecule has 0 unspecified atom stereocenters. The highest BCUT2D eigenvalue weighted by atomic mass is 16.6. The van der Waals surface area contributed by atoms with Crippen LogP contribution in [0, 0.1) is 26.1 Å². The number of anilines is 1. The molecule has 9 nitrogen and oxygen atoms in total. The molecular weight excluding hydrogens is 366 g/mol. The Balaban J connectivity index is 1.86. The minimum atomic E-state index is -1.43. The lowest BCUT2D eigenvalue weighted by Gasteiger charge is -2.38. The molecule has 3 atom stereocenters. The molecule has 1 N–H and O–H groups in total. The lowest BCUT2D eigenvalue weighted by atomic mass is 9.75. The van der Waals surface area contributed by atoms with E-state index >= 15 is 0 Å². The number of hydrogen-bond donors (Lipinski definition) is 1. The molecule has 9 heteroatoms. The lowest BCUT2D eigenvalue weighted by Crippen LogP contribution is -2.33. The van der Waals surface area contributed by atoms with Crippen molar-refractivity contribution >= 4 is 23.0 Å². The van der Waals surface area contributed by atoms with Gasteiger partial charge in [-0.3, -0.25) is 20.2 Å². The Bertz CT molecular complexity index is 1030. The van der Waals surface area contributed by atoms with Gasteiger partial charge >= 0.3 is 0 Å². The first-order valence-corrected chi connectivity index (χ1v) is 8.58. The average molecular weight is 380 g/mol. The van der Waals surface area contributed by atoms with Gasteiger partial charge in [-0.25, -0.2) is 0 Å². The fourth-order valence-electron chi connectivity index (χ4n) is 4.15. The maximum Gasteiger partial charge on any atom is 0.275 e. The Hall–Kier alpha value is -3.75. The molecule has 2 aromatic rings. The minimum Gasteiger partial charge on any atom is -0.545 e. The summed E-state index contributed by atoms with van der Waals surface area (Å²) in [6, 6.07) is 8.02. The van der Waals surface area contributed by atoms with Crippen LogP contribution in [-0.2, 0) is 0 Å². The molecule has 0 saturated carbocycles. The smallest absolute Gasteiger partial charge is 0.275 e. The van der Waals surface area contributed by atoms with Crippen molar-refractivity contribution in [2.75, 3.05) is 5.32 Å². The number of hydrogen-bond acceptors (Lipinski definition) is 7. The van der Waals surface area contributed by atoms with Gasteiger partial charge in [0.1, 0.15) is 0 Å². The number of non-ortho nitro benzene ring substituents is 1. The van der Waals surface area contributed by atoms with Gasteiger partial charge in [-0.15, -0.1) is 0 Å². The standard InChI is InChI=1S/C19H15N3O6/c23-19(24)14-8-9-15(22(27)28)16-12-2-1-3-13(12)17(20-18(14)16)10-4-6-11(7-5-10)21(25)26/h1-2,4-9,12-13,17,20H,3H2,(H,23,24)/p-1/t12-,13+,17+/m0/s1. The van der Waals surface area contributed by atoms with E-state index in [0.29, 0.717) is 12.0 Å². The first-order chi connectivity index (χ1) is 13.4. The van der Waals surface area contributed by atoms with Gasteiger partial charge in [0.25, 0.3) is 11.4 Å². The van der Waals surface area contributed by atoms with E-state index in [4.69, 9.17) is 0 Å². The summed E-state index contributed by atoms with van der Waals surface area (Å²) in [4.78, 5) is 33.0. The van der Waals surface area contributed by atoms with Crippen molar-refractivity contribution in [3.63, 3.8) is 0 Å². The minimum absolute atomic E-state index is 0.0490. The molecular formula is C19H14N3O6-. The number of carbonyl (C=O) groups is 1. The zero-order chi connectivity index (χ0) is 20.0. The third-order valence-corrected chi connectivity index (χ3v) is 5.38. The van der Waals surface area contributed by atoms with Gasteiger partial charge in [-0.2, -0.15) is 0 Å². The van der Waals surface area contributed by atoms with Crippen LogP contribution in [-0.4, -0.2) is 15.8 Å². The second kappa shape index (κ2) is 6.45. The quantitative estimate of drug-likeness (QED) is 0.489. The second-order valence-electron chi connectivity index (χ2n) is 6.79. The first kappa shape index (κ1) is 17.7. The van der Waals surface area contributed by atoms with Crippen LogP contribution in [0.5, 0.6) is 0 Å². The van der Waals surface area contributed by atoms with Gasteiger partial charge in [0.05, 0.1) is 33.1 Å². The molecule has 0 bridgehead atoms. The van der Waals surface area contributed by atoms with Gasteiger partial charge in [0.15, 0.2) is 0 Å². The highest BCUT2D eigenvalue weighted by molar-refractivity contribution is 5.95. The molecule has 2 aromatic carbocycles. The predicted molar refractivity (Wildman–Crippen MR) is 96.9 cm³/mol. The topological polar surface area (TPSA) is 138 Å². The van der Waals surface area contributed by atoms with Crippen LogP contribution < -0.4 is 10.4 Å². The summed E-state index contributed by atoms with van der Waals surface area (Å²) in [5.41, 5.74) is 0.911. The van der Waals surface area contributed by atoms with Crippen molar-refractivity contribution in [2.45, 2.75) is 18.4 Å². The van der Waals surface area contributed by atoms with Crippen molar-refractivity contribution in [3.05, 3.63) is 85.5 Å². The van der Waals surface area contributed by atoms with E-state index in [9.17, 15) is 30.1 Å². The number of fused-ring (bicyclic) bond motifs is 3. The number of rotatable bonds is 4. The Morgan fingerprint density at radius 1 is 1.04 bits per heavy atom. The van der Waals surface area contributed by atoms with Gasteiger partial charge in [-0.1, -0.05) is 24.3 Å². The number of allylic oxidation sites excluding steroid dienone is 2.